The number of sulfonamides is 1. The van der Waals surface area contributed by atoms with Crippen LogP contribution in [0.25, 0.3) is 0 Å². The Morgan fingerprint density at radius 2 is 2.16 bits per heavy atom. The molecule has 106 valence electrons. The number of hydrogen-bond donors (Lipinski definition) is 1. The molecular weight excluding hydrogens is 293 g/mol. The fourth-order valence-electron chi connectivity index (χ4n) is 2.27. The molecule has 0 radical (unpaired) electrons. The monoisotopic (exact) mass is 307 g/mol. The Bertz CT molecular complexity index is 564. The molecule has 19 heavy (non-hydrogen) atoms. The summed E-state index contributed by atoms with van der Waals surface area (Å²) in [6.07, 6.45) is 2.19. The number of aliphatic hydroxyl groups is 1. The zero-order valence-electron chi connectivity index (χ0n) is 10.2. The van der Waals surface area contributed by atoms with Crippen molar-refractivity contribution in [2.24, 2.45) is 0 Å². The highest BCUT2D eigenvalue weighted by atomic mass is 35.5. The Hall–Kier alpha value is -0.690. The van der Waals surface area contributed by atoms with Gasteiger partial charge in [0, 0.05) is 12.6 Å². The van der Waals surface area contributed by atoms with Gasteiger partial charge in [0.25, 0.3) is 0 Å². The fraction of sp³-hybridized carbons (Fsp3) is 0.500. The third kappa shape index (κ3) is 2.91. The van der Waals surface area contributed by atoms with Gasteiger partial charge in [-0.2, -0.15) is 4.31 Å². The lowest BCUT2D eigenvalue weighted by molar-refractivity contribution is 0.155. The van der Waals surface area contributed by atoms with Gasteiger partial charge in [-0.3, -0.25) is 0 Å². The minimum Gasteiger partial charge on any atom is -0.395 e. The molecule has 0 aromatic heterocycles. The Kier molecular flexibility index (Phi) is 4.45. The molecule has 1 saturated heterocycles. The maximum atomic E-state index is 13.2. The largest absolute Gasteiger partial charge is 0.395 e. The average molecular weight is 308 g/mol. The van der Waals surface area contributed by atoms with Gasteiger partial charge in [-0.05, 0) is 31.0 Å². The molecular formula is C12H15ClFNO3S. The third-order valence-corrected chi connectivity index (χ3v) is 5.70. The number of benzene rings is 1. The van der Waals surface area contributed by atoms with E-state index in [1.54, 1.807) is 0 Å². The first-order valence-electron chi connectivity index (χ1n) is 6.04. The zero-order chi connectivity index (χ0) is 14.0. The summed E-state index contributed by atoms with van der Waals surface area (Å²) in [7, 11) is -3.88. The molecule has 1 atom stereocenters. The number of halogens is 2. The van der Waals surface area contributed by atoms with E-state index in [0.717, 1.165) is 25.0 Å². The highest BCUT2D eigenvalue weighted by Gasteiger charge is 2.34. The van der Waals surface area contributed by atoms with Gasteiger partial charge >= 0.3 is 0 Å². The molecule has 1 N–H and O–H groups in total. The first-order valence-corrected chi connectivity index (χ1v) is 7.86. The number of nitrogens with zero attached hydrogens (tertiary/aromatic N) is 1. The standard InChI is InChI=1S/C12H15ClFNO3S/c13-11-5-4-9(14)7-12(11)19(17,18)15-6-2-1-3-10(15)8-16/h4-5,7,10,16H,1-3,6,8H2. The highest BCUT2D eigenvalue weighted by molar-refractivity contribution is 7.89. The van der Waals surface area contributed by atoms with Crippen LogP contribution >= 0.6 is 11.6 Å². The zero-order valence-corrected chi connectivity index (χ0v) is 11.8. The van der Waals surface area contributed by atoms with E-state index in [4.69, 9.17) is 11.6 Å². The van der Waals surface area contributed by atoms with Crippen LogP contribution in [0.2, 0.25) is 5.02 Å². The summed E-state index contributed by atoms with van der Waals surface area (Å²) in [6, 6.07) is 2.79. The summed E-state index contributed by atoms with van der Waals surface area (Å²) in [5.74, 6) is -0.652. The van der Waals surface area contributed by atoms with E-state index >= 15 is 0 Å². The second-order valence-corrected chi connectivity index (χ2v) is 6.79. The van der Waals surface area contributed by atoms with Gasteiger partial charge in [0.05, 0.1) is 11.6 Å². The van der Waals surface area contributed by atoms with E-state index in [1.165, 1.54) is 10.4 Å². The molecule has 1 aromatic carbocycles. The Balaban J connectivity index is 2.43. The summed E-state index contributed by atoms with van der Waals surface area (Å²) < 4.78 is 39.4. The second-order valence-electron chi connectivity index (χ2n) is 4.52. The molecule has 0 saturated carbocycles. The second kappa shape index (κ2) is 5.75. The van der Waals surface area contributed by atoms with E-state index in [9.17, 15) is 17.9 Å². The van der Waals surface area contributed by atoms with Crippen molar-refractivity contribution in [2.75, 3.05) is 13.2 Å². The van der Waals surface area contributed by atoms with Crippen molar-refractivity contribution in [3.63, 3.8) is 0 Å². The predicted octanol–water partition coefficient (Wildman–Crippen LogP) is 2.01. The number of hydrogen-bond acceptors (Lipinski definition) is 3. The lowest BCUT2D eigenvalue weighted by Crippen LogP contribution is -2.45. The first-order chi connectivity index (χ1) is 8.96. The van der Waals surface area contributed by atoms with Crippen molar-refractivity contribution >= 4 is 21.6 Å². The molecule has 1 heterocycles. The van der Waals surface area contributed by atoms with Crippen LogP contribution in [0.1, 0.15) is 19.3 Å². The van der Waals surface area contributed by atoms with E-state index in [-0.39, 0.29) is 16.5 Å². The van der Waals surface area contributed by atoms with E-state index in [2.05, 4.69) is 0 Å². The van der Waals surface area contributed by atoms with Crippen LogP contribution in [-0.2, 0) is 10.0 Å². The smallest absolute Gasteiger partial charge is 0.244 e. The maximum Gasteiger partial charge on any atom is 0.244 e. The minimum atomic E-state index is -3.88. The van der Waals surface area contributed by atoms with E-state index < -0.39 is 21.9 Å². The molecule has 1 aromatic rings. The van der Waals surface area contributed by atoms with Crippen LogP contribution in [0.5, 0.6) is 0 Å². The number of rotatable bonds is 3. The molecule has 1 fully saturated rings. The summed E-state index contributed by atoms with van der Waals surface area (Å²) in [4.78, 5) is -0.241. The molecule has 0 bridgehead atoms. The van der Waals surface area contributed by atoms with Crippen LogP contribution in [0, 0.1) is 5.82 Å². The normalized spacial score (nSPS) is 21.5. The average Bonchev–Trinajstić information content (AvgIpc) is 2.41. The van der Waals surface area contributed by atoms with Crippen LogP contribution in [0.4, 0.5) is 4.39 Å². The van der Waals surface area contributed by atoms with Crippen LogP contribution in [0.15, 0.2) is 23.1 Å². The maximum absolute atomic E-state index is 13.2. The van der Waals surface area contributed by atoms with Gasteiger partial charge in [-0.1, -0.05) is 18.0 Å². The van der Waals surface area contributed by atoms with E-state index in [0.29, 0.717) is 13.0 Å². The molecule has 1 aliphatic heterocycles. The fourth-order valence-corrected chi connectivity index (χ4v) is 4.45. The van der Waals surface area contributed by atoms with Crippen LogP contribution < -0.4 is 0 Å². The quantitative estimate of drug-likeness (QED) is 0.929. The Morgan fingerprint density at radius 1 is 1.42 bits per heavy atom. The topological polar surface area (TPSA) is 57.6 Å². The van der Waals surface area contributed by atoms with Gasteiger partial charge in [-0.15, -0.1) is 0 Å². The van der Waals surface area contributed by atoms with Gasteiger partial charge in [-0.25, -0.2) is 12.8 Å². The van der Waals surface area contributed by atoms with Gasteiger partial charge in [0.2, 0.25) is 10.0 Å². The van der Waals surface area contributed by atoms with Gasteiger partial charge in [0.15, 0.2) is 0 Å². The molecule has 7 heteroatoms. The Morgan fingerprint density at radius 3 is 2.84 bits per heavy atom. The predicted molar refractivity (Wildman–Crippen MR) is 70.0 cm³/mol. The lowest BCUT2D eigenvalue weighted by Gasteiger charge is -2.33. The highest BCUT2D eigenvalue weighted by Crippen LogP contribution is 2.29. The lowest BCUT2D eigenvalue weighted by atomic mass is 10.1. The van der Waals surface area contributed by atoms with Gasteiger partial charge < -0.3 is 5.11 Å². The molecule has 0 aliphatic carbocycles. The van der Waals surface area contributed by atoms with E-state index in [1.807, 2.05) is 0 Å². The molecule has 0 amide bonds. The van der Waals surface area contributed by atoms with Crippen molar-refractivity contribution < 1.29 is 17.9 Å². The molecule has 1 aliphatic rings. The summed E-state index contributed by atoms with van der Waals surface area (Å²) in [6.45, 7) is 0.0760. The summed E-state index contributed by atoms with van der Waals surface area (Å²) in [5, 5.41) is 9.27. The molecule has 1 unspecified atom stereocenters. The number of aliphatic hydroxyl groups excluding tert-OH is 1. The van der Waals surface area contributed by atoms with Crippen LogP contribution in [-0.4, -0.2) is 37.0 Å². The van der Waals surface area contributed by atoms with Crippen LogP contribution in [0.3, 0.4) is 0 Å². The molecule has 4 nitrogen and oxygen atoms in total. The minimum absolute atomic E-state index is 0.0105. The van der Waals surface area contributed by atoms with Crippen molar-refractivity contribution in [1.82, 2.24) is 4.31 Å². The van der Waals surface area contributed by atoms with Crippen molar-refractivity contribution in [2.45, 2.75) is 30.2 Å². The molecule has 2 rings (SSSR count). The SMILES string of the molecule is O=S(=O)(c1cc(F)ccc1Cl)N1CCCCC1CO. The summed E-state index contributed by atoms with van der Waals surface area (Å²) in [5.41, 5.74) is 0. The summed E-state index contributed by atoms with van der Waals surface area (Å²) >= 11 is 5.86. The van der Waals surface area contributed by atoms with Gasteiger partial charge in [0.1, 0.15) is 10.7 Å². The number of piperidine rings is 1. The van der Waals surface area contributed by atoms with Crippen molar-refractivity contribution in [3.8, 4) is 0 Å². The first kappa shape index (κ1) is 14.7. The van der Waals surface area contributed by atoms with Crippen molar-refractivity contribution in [1.29, 1.82) is 0 Å². The molecule has 0 spiro atoms. The Labute approximate surface area is 116 Å². The van der Waals surface area contributed by atoms with Crippen molar-refractivity contribution in [3.05, 3.63) is 29.0 Å². The third-order valence-electron chi connectivity index (χ3n) is 3.26.